The predicted molar refractivity (Wildman–Crippen MR) is 68.0 cm³/mol. The van der Waals surface area contributed by atoms with Gasteiger partial charge in [-0.25, -0.2) is 0 Å². The number of hydrogen-bond acceptors (Lipinski definition) is 2. The Labute approximate surface area is 95.5 Å². The lowest BCUT2D eigenvalue weighted by molar-refractivity contribution is 0.501. The van der Waals surface area contributed by atoms with E-state index in [0.29, 0.717) is 6.04 Å². The minimum absolute atomic E-state index is 0.574. The van der Waals surface area contributed by atoms with Crippen LogP contribution in [0.25, 0.3) is 10.9 Å². The van der Waals surface area contributed by atoms with E-state index in [-0.39, 0.29) is 0 Å². The molecule has 1 aromatic carbocycles. The third kappa shape index (κ3) is 1.57. The first kappa shape index (κ1) is 9.73. The number of aromatic nitrogens is 1. The standard InChI is InChI=1S/C13H17N3/c1-10-9-14-6-7-16(10)12-2-3-13-11(8-12)4-5-15-13/h2-5,8,10,14-15H,6-7,9H2,1H3. The van der Waals surface area contributed by atoms with Crippen LogP contribution in [0.4, 0.5) is 5.69 Å². The quantitative estimate of drug-likeness (QED) is 0.762. The maximum atomic E-state index is 3.42. The highest BCUT2D eigenvalue weighted by Gasteiger charge is 2.18. The first-order chi connectivity index (χ1) is 7.84. The lowest BCUT2D eigenvalue weighted by Crippen LogP contribution is -2.49. The van der Waals surface area contributed by atoms with Crippen molar-refractivity contribution >= 4 is 16.6 Å². The van der Waals surface area contributed by atoms with Crippen LogP contribution in [0.5, 0.6) is 0 Å². The van der Waals surface area contributed by atoms with E-state index in [1.807, 2.05) is 6.20 Å². The van der Waals surface area contributed by atoms with E-state index in [9.17, 15) is 0 Å². The molecule has 0 aliphatic carbocycles. The fourth-order valence-corrected chi connectivity index (χ4v) is 2.44. The van der Waals surface area contributed by atoms with Gasteiger partial charge in [0.25, 0.3) is 0 Å². The molecule has 2 aromatic rings. The number of nitrogens with zero attached hydrogens (tertiary/aromatic N) is 1. The molecule has 84 valence electrons. The molecule has 1 saturated heterocycles. The number of rotatable bonds is 1. The van der Waals surface area contributed by atoms with Crippen molar-refractivity contribution in [2.75, 3.05) is 24.5 Å². The number of fused-ring (bicyclic) bond motifs is 1. The zero-order valence-electron chi connectivity index (χ0n) is 9.53. The normalized spacial score (nSPS) is 21.6. The maximum absolute atomic E-state index is 3.42. The molecule has 3 nitrogen and oxygen atoms in total. The first-order valence-corrected chi connectivity index (χ1v) is 5.89. The van der Waals surface area contributed by atoms with E-state index in [4.69, 9.17) is 0 Å². The minimum atomic E-state index is 0.574. The number of benzene rings is 1. The van der Waals surface area contributed by atoms with Crippen molar-refractivity contribution in [3.8, 4) is 0 Å². The molecule has 1 aromatic heterocycles. The largest absolute Gasteiger partial charge is 0.366 e. The summed E-state index contributed by atoms with van der Waals surface area (Å²) in [6, 6.07) is 9.35. The first-order valence-electron chi connectivity index (χ1n) is 5.89. The summed E-state index contributed by atoms with van der Waals surface area (Å²) in [6.07, 6.45) is 2.00. The van der Waals surface area contributed by atoms with Gasteiger partial charge in [0.15, 0.2) is 0 Å². The lowest BCUT2D eigenvalue weighted by atomic mass is 10.1. The molecule has 2 N–H and O–H groups in total. The zero-order valence-corrected chi connectivity index (χ0v) is 9.53. The Morgan fingerprint density at radius 2 is 2.25 bits per heavy atom. The predicted octanol–water partition coefficient (Wildman–Crippen LogP) is 1.97. The molecule has 0 spiro atoms. The third-order valence-electron chi connectivity index (χ3n) is 3.37. The minimum Gasteiger partial charge on any atom is -0.366 e. The molecular formula is C13H17N3. The Kier molecular flexibility index (Phi) is 2.33. The van der Waals surface area contributed by atoms with Gasteiger partial charge in [-0.05, 0) is 31.2 Å². The molecular weight excluding hydrogens is 198 g/mol. The molecule has 1 fully saturated rings. The SMILES string of the molecule is CC1CNCCN1c1ccc2[nH]ccc2c1. The number of H-pyrrole nitrogens is 1. The van der Waals surface area contributed by atoms with E-state index in [1.165, 1.54) is 16.6 Å². The van der Waals surface area contributed by atoms with Crippen LogP contribution in [0.15, 0.2) is 30.5 Å². The number of anilines is 1. The number of hydrogen-bond donors (Lipinski definition) is 2. The van der Waals surface area contributed by atoms with E-state index in [0.717, 1.165) is 19.6 Å². The summed E-state index contributed by atoms with van der Waals surface area (Å²) in [5.74, 6) is 0. The molecule has 2 heterocycles. The van der Waals surface area contributed by atoms with Gasteiger partial charge in [-0.3, -0.25) is 0 Å². The van der Waals surface area contributed by atoms with Crippen molar-refractivity contribution in [3.05, 3.63) is 30.5 Å². The van der Waals surface area contributed by atoms with Crippen LogP contribution in [0.1, 0.15) is 6.92 Å². The average Bonchev–Trinajstić information content (AvgIpc) is 2.76. The zero-order chi connectivity index (χ0) is 11.0. The van der Waals surface area contributed by atoms with Gasteiger partial charge < -0.3 is 15.2 Å². The fraction of sp³-hybridized carbons (Fsp3) is 0.385. The van der Waals surface area contributed by atoms with Crippen molar-refractivity contribution in [2.45, 2.75) is 13.0 Å². The van der Waals surface area contributed by atoms with Crippen molar-refractivity contribution in [2.24, 2.45) is 0 Å². The smallest absolute Gasteiger partial charge is 0.0455 e. The summed E-state index contributed by atoms with van der Waals surface area (Å²) in [6.45, 7) is 5.52. The van der Waals surface area contributed by atoms with E-state index < -0.39 is 0 Å². The molecule has 1 unspecified atom stereocenters. The van der Waals surface area contributed by atoms with Crippen molar-refractivity contribution in [3.63, 3.8) is 0 Å². The Morgan fingerprint density at radius 3 is 3.12 bits per heavy atom. The molecule has 3 heteroatoms. The van der Waals surface area contributed by atoms with Crippen molar-refractivity contribution in [1.82, 2.24) is 10.3 Å². The summed E-state index contributed by atoms with van der Waals surface area (Å²) >= 11 is 0. The van der Waals surface area contributed by atoms with Crippen LogP contribution in [-0.4, -0.2) is 30.7 Å². The van der Waals surface area contributed by atoms with Crippen LogP contribution in [0.2, 0.25) is 0 Å². The van der Waals surface area contributed by atoms with Crippen LogP contribution >= 0.6 is 0 Å². The van der Waals surface area contributed by atoms with Gasteiger partial charge in [0, 0.05) is 48.5 Å². The maximum Gasteiger partial charge on any atom is 0.0455 e. The van der Waals surface area contributed by atoms with Crippen molar-refractivity contribution in [1.29, 1.82) is 0 Å². The number of piperazine rings is 1. The summed E-state index contributed by atoms with van der Waals surface area (Å²) in [5.41, 5.74) is 2.55. The highest BCUT2D eigenvalue weighted by molar-refractivity contribution is 5.83. The van der Waals surface area contributed by atoms with Gasteiger partial charge in [-0.1, -0.05) is 0 Å². The molecule has 1 atom stereocenters. The second-order valence-corrected chi connectivity index (χ2v) is 4.50. The van der Waals surface area contributed by atoms with Gasteiger partial charge >= 0.3 is 0 Å². The topological polar surface area (TPSA) is 31.1 Å². The number of nitrogens with one attached hydrogen (secondary N) is 2. The number of aromatic amines is 1. The summed E-state index contributed by atoms with van der Waals surface area (Å²) in [4.78, 5) is 5.71. The van der Waals surface area contributed by atoms with Crippen LogP contribution in [0, 0.1) is 0 Å². The van der Waals surface area contributed by atoms with Gasteiger partial charge in [0.05, 0.1) is 0 Å². The summed E-state index contributed by atoms with van der Waals surface area (Å²) < 4.78 is 0. The molecule has 1 aliphatic rings. The van der Waals surface area contributed by atoms with E-state index in [2.05, 4.69) is 46.4 Å². The highest BCUT2D eigenvalue weighted by atomic mass is 15.2. The monoisotopic (exact) mass is 215 g/mol. The van der Waals surface area contributed by atoms with Gasteiger partial charge in [0.1, 0.15) is 0 Å². The molecule has 0 bridgehead atoms. The lowest BCUT2D eigenvalue weighted by Gasteiger charge is -2.36. The Bertz CT molecular complexity index is 489. The molecule has 3 rings (SSSR count). The van der Waals surface area contributed by atoms with Crippen LogP contribution in [-0.2, 0) is 0 Å². The average molecular weight is 215 g/mol. The molecule has 0 radical (unpaired) electrons. The van der Waals surface area contributed by atoms with Crippen LogP contribution in [0.3, 0.4) is 0 Å². The Hall–Kier alpha value is -1.48. The molecule has 0 saturated carbocycles. The van der Waals surface area contributed by atoms with Gasteiger partial charge in [-0.2, -0.15) is 0 Å². The molecule has 16 heavy (non-hydrogen) atoms. The van der Waals surface area contributed by atoms with Gasteiger partial charge in [0.2, 0.25) is 0 Å². The fourth-order valence-electron chi connectivity index (χ4n) is 2.44. The van der Waals surface area contributed by atoms with E-state index in [1.54, 1.807) is 0 Å². The Balaban J connectivity index is 1.97. The van der Waals surface area contributed by atoms with E-state index >= 15 is 0 Å². The second-order valence-electron chi connectivity index (χ2n) is 4.50. The van der Waals surface area contributed by atoms with Gasteiger partial charge in [-0.15, -0.1) is 0 Å². The van der Waals surface area contributed by atoms with Crippen molar-refractivity contribution < 1.29 is 0 Å². The highest BCUT2D eigenvalue weighted by Crippen LogP contribution is 2.23. The summed E-state index contributed by atoms with van der Waals surface area (Å²) in [7, 11) is 0. The summed E-state index contributed by atoms with van der Waals surface area (Å²) in [5, 5.41) is 4.71. The van der Waals surface area contributed by atoms with Crippen LogP contribution < -0.4 is 10.2 Å². The Morgan fingerprint density at radius 1 is 1.31 bits per heavy atom. The third-order valence-corrected chi connectivity index (χ3v) is 3.37. The molecule has 1 aliphatic heterocycles. The molecule has 0 amide bonds. The second kappa shape index (κ2) is 3.83.